The smallest absolute Gasteiger partial charge is 0.273 e. The summed E-state index contributed by atoms with van der Waals surface area (Å²) in [6.07, 6.45) is 1.46. The average Bonchev–Trinajstić information content (AvgIpc) is 3.54. The monoisotopic (exact) mass is 495 g/mol. The Labute approximate surface area is 206 Å². The quantitative estimate of drug-likeness (QED) is 0.256. The van der Waals surface area contributed by atoms with Crippen LogP contribution in [0.15, 0.2) is 48.7 Å². The lowest BCUT2D eigenvalue weighted by molar-refractivity contribution is 0.0894. The van der Waals surface area contributed by atoms with Crippen LogP contribution in [0.2, 0.25) is 0 Å². The zero-order chi connectivity index (χ0) is 25.3. The van der Waals surface area contributed by atoms with Crippen molar-refractivity contribution in [2.45, 2.75) is 13.5 Å². The van der Waals surface area contributed by atoms with Crippen molar-refractivity contribution in [2.24, 2.45) is 0 Å². The summed E-state index contributed by atoms with van der Waals surface area (Å²) < 4.78 is 24.5. The third kappa shape index (κ3) is 6.02. The van der Waals surface area contributed by atoms with Gasteiger partial charge in [0.05, 0.1) is 37.0 Å². The minimum absolute atomic E-state index is 0.0231. The highest BCUT2D eigenvalue weighted by Crippen LogP contribution is 2.24. The Kier molecular flexibility index (Phi) is 8.19. The van der Waals surface area contributed by atoms with E-state index in [1.807, 2.05) is 31.2 Å². The van der Waals surface area contributed by atoms with Crippen LogP contribution in [0.5, 0.6) is 5.75 Å². The number of carbonyl (C=O) groups is 2. The van der Waals surface area contributed by atoms with Crippen molar-refractivity contribution >= 4 is 22.8 Å². The number of benzene rings is 2. The summed E-state index contributed by atoms with van der Waals surface area (Å²) in [7, 11) is 0. The Bertz CT molecular complexity index is 1300. The fraction of sp³-hybridized carbons (Fsp3) is 0.292. The molecule has 0 bridgehead atoms. The van der Waals surface area contributed by atoms with E-state index in [1.165, 1.54) is 10.9 Å². The van der Waals surface area contributed by atoms with Gasteiger partial charge in [-0.25, -0.2) is 14.1 Å². The molecule has 0 fully saturated rings. The van der Waals surface area contributed by atoms with Gasteiger partial charge in [0, 0.05) is 12.1 Å². The summed E-state index contributed by atoms with van der Waals surface area (Å²) in [5.41, 5.74) is 2.65. The van der Waals surface area contributed by atoms with E-state index in [-0.39, 0.29) is 38.0 Å². The maximum Gasteiger partial charge on any atom is 0.273 e. The van der Waals surface area contributed by atoms with Crippen LogP contribution in [0.4, 0.5) is 4.39 Å². The molecular formula is C24H26FN7O4. The maximum atomic E-state index is 12.7. The summed E-state index contributed by atoms with van der Waals surface area (Å²) in [5.74, 6) is 0.264. The first-order chi connectivity index (χ1) is 17.6. The first-order valence-corrected chi connectivity index (χ1v) is 11.4. The average molecular weight is 496 g/mol. The van der Waals surface area contributed by atoms with Gasteiger partial charge in [0.2, 0.25) is 0 Å². The van der Waals surface area contributed by atoms with Crippen LogP contribution < -0.4 is 15.4 Å². The van der Waals surface area contributed by atoms with Crippen LogP contribution in [0.1, 0.15) is 33.6 Å². The van der Waals surface area contributed by atoms with E-state index in [0.717, 1.165) is 11.0 Å². The van der Waals surface area contributed by atoms with E-state index in [2.05, 4.69) is 30.9 Å². The summed E-state index contributed by atoms with van der Waals surface area (Å²) in [6.45, 7) is 2.18. The number of aromatic nitrogens is 5. The highest BCUT2D eigenvalue weighted by Gasteiger charge is 2.16. The van der Waals surface area contributed by atoms with Gasteiger partial charge in [0.15, 0.2) is 5.69 Å². The van der Waals surface area contributed by atoms with Gasteiger partial charge in [0.25, 0.3) is 11.8 Å². The molecule has 2 aromatic carbocycles. The molecule has 2 heterocycles. The molecule has 4 aromatic rings. The first kappa shape index (κ1) is 24.8. The molecule has 0 saturated carbocycles. The standard InChI is InChI=1S/C24H26FN7O4/c1-2-26-23(33)16-7-8-20(21(13-16)36-12-11-35-10-9-25)32-15-19(30-31-32)24(34)27-14-22-28-17-5-3-4-6-18(17)29-22/h3-8,13,15H,2,9-12,14H2,1H3,(H,26,33)(H,27,34)(H,28,29). The van der Waals surface area contributed by atoms with E-state index >= 15 is 0 Å². The molecule has 0 saturated heterocycles. The summed E-state index contributed by atoms with van der Waals surface area (Å²) >= 11 is 0. The molecule has 0 unspecified atom stereocenters. The fourth-order valence-corrected chi connectivity index (χ4v) is 3.42. The molecule has 12 heteroatoms. The lowest BCUT2D eigenvalue weighted by atomic mass is 10.1. The summed E-state index contributed by atoms with van der Waals surface area (Å²) in [6, 6.07) is 12.4. The van der Waals surface area contributed by atoms with E-state index in [0.29, 0.717) is 29.4 Å². The predicted octanol–water partition coefficient (Wildman–Crippen LogP) is 2.19. The second-order valence-corrected chi connectivity index (χ2v) is 7.62. The van der Waals surface area contributed by atoms with Gasteiger partial charge in [-0.3, -0.25) is 9.59 Å². The highest BCUT2D eigenvalue weighted by atomic mass is 19.1. The number of ether oxygens (including phenoxy) is 2. The van der Waals surface area contributed by atoms with Crippen molar-refractivity contribution in [3.05, 3.63) is 65.7 Å². The number of nitrogens with one attached hydrogen (secondary N) is 3. The normalized spacial score (nSPS) is 10.9. The lowest BCUT2D eigenvalue weighted by Gasteiger charge is -2.13. The molecule has 4 rings (SSSR count). The minimum atomic E-state index is -0.585. The van der Waals surface area contributed by atoms with E-state index < -0.39 is 12.6 Å². The Morgan fingerprint density at radius 3 is 2.75 bits per heavy atom. The third-order valence-corrected chi connectivity index (χ3v) is 5.09. The van der Waals surface area contributed by atoms with Crippen LogP contribution in [0.3, 0.4) is 0 Å². The Morgan fingerprint density at radius 1 is 1.08 bits per heavy atom. The molecule has 3 N–H and O–H groups in total. The Hall–Kier alpha value is -4.32. The number of para-hydroxylation sites is 2. The molecule has 0 radical (unpaired) electrons. The van der Waals surface area contributed by atoms with E-state index in [1.54, 1.807) is 18.2 Å². The topological polar surface area (TPSA) is 136 Å². The molecule has 2 amide bonds. The van der Waals surface area contributed by atoms with E-state index in [9.17, 15) is 14.0 Å². The van der Waals surface area contributed by atoms with Crippen molar-refractivity contribution in [1.29, 1.82) is 0 Å². The highest BCUT2D eigenvalue weighted by molar-refractivity contribution is 5.95. The van der Waals surface area contributed by atoms with Gasteiger partial charge in [-0.2, -0.15) is 0 Å². The zero-order valence-corrected chi connectivity index (χ0v) is 19.7. The second-order valence-electron chi connectivity index (χ2n) is 7.62. The van der Waals surface area contributed by atoms with Gasteiger partial charge in [-0.1, -0.05) is 17.3 Å². The summed E-state index contributed by atoms with van der Waals surface area (Å²) in [5, 5.41) is 13.5. The number of aromatic amines is 1. The van der Waals surface area contributed by atoms with Crippen molar-refractivity contribution in [1.82, 2.24) is 35.6 Å². The van der Waals surface area contributed by atoms with Crippen molar-refractivity contribution in [2.75, 3.05) is 33.0 Å². The number of carbonyl (C=O) groups excluding carboxylic acids is 2. The number of alkyl halides is 1. The minimum Gasteiger partial charge on any atom is -0.489 e. The first-order valence-electron chi connectivity index (χ1n) is 11.4. The molecule has 0 atom stereocenters. The molecule has 188 valence electrons. The number of imidazole rings is 1. The molecule has 36 heavy (non-hydrogen) atoms. The number of H-pyrrole nitrogens is 1. The number of nitrogens with zero attached hydrogens (tertiary/aromatic N) is 4. The predicted molar refractivity (Wildman–Crippen MR) is 129 cm³/mol. The SMILES string of the molecule is CCNC(=O)c1ccc(-n2cc(C(=O)NCc3nc4ccccc4[nH]3)nn2)c(OCCOCCF)c1. The number of amides is 2. The van der Waals surface area contributed by atoms with Crippen LogP contribution in [-0.4, -0.2) is 69.8 Å². The van der Waals surface area contributed by atoms with Crippen molar-refractivity contribution in [3.63, 3.8) is 0 Å². The third-order valence-electron chi connectivity index (χ3n) is 5.09. The molecular weight excluding hydrogens is 469 g/mol. The van der Waals surface area contributed by atoms with Gasteiger partial charge >= 0.3 is 0 Å². The molecule has 0 aliphatic rings. The zero-order valence-electron chi connectivity index (χ0n) is 19.7. The number of hydrogen-bond donors (Lipinski definition) is 3. The Balaban J connectivity index is 1.47. The van der Waals surface area contributed by atoms with Crippen molar-refractivity contribution in [3.8, 4) is 11.4 Å². The van der Waals surface area contributed by atoms with Crippen LogP contribution >= 0.6 is 0 Å². The molecule has 0 aliphatic heterocycles. The van der Waals surface area contributed by atoms with E-state index in [4.69, 9.17) is 9.47 Å². The fourth-order valence-electron chi connectivity index (χ4n) is 3.42. The largest absolute Gasteiger partial charge is 0.489 e. The van der Waals surface area contributed by atoms with Crippen LogP contribution in [0, 0.1) is 0 Å². The number of fused-ring (bicyclic) bond motifs is 1. The molecule has 0 aliphatic carbocycles. The van der Waals surface area contributed by atoms with Crippen molar-refractivity contribution < 1.29 is 23.5 Å². The Morgan fingerprint density at radius 2 is 1.94 bits per heavy atom. The number of halogens is 1. The van der Waals surface area contributed by atoms with Gasteiger partial charge in [-0.15, -0.1) is 5.10 Å². The molecule has 0 spiro atoms. The number of hydrogen-bond acceptors (Lipinski definition) is 7. The second kappa shape index (κ2) is 11.9. The molecule has 2 aromatic heterocycles. The summed E-state index contributed by atoms with van der Waals surface area (Å²) in [4.78, 5) is 32.5. The van der Waals surface area contributed by atoms with Gasteiger partial charge in [0.1, 0.15) is 30.5 Å². The molecule has 11 nitrogen and oxygen atoms in total. The van der Waals surface area contributed by atoms with Gasteiger partial charge < -0.3 is 25.1 Å². The number of rotatable bonds is 12. The van der Waals surface area contributed by atoms with Crippen LogP contribution in [-0.2, 0) is 11.3 Å². The lowest BCUT2D eigenvalue weighted by Crippen LogP contribution is -2.23. The van der Waals surface area contributed by atoms with Gasteiger partial charge in [-0.05, 0) is 37.3 Å². The maximum absolute atomic E-state index is 12.7. The van der Waals surface area contributed by atoms with Crippen LogP contribution in [0.25, 0.3) is 16.7 Å².